The fourth-order valence-corrected chi connectivity index (χ4v) is 2.10. The maximum absolute atomic E-state index is 12.2. The number of hydrogen-bond donors (Lipinski definition) is 1. The molecule has 3 amide bonds. The van der Waals surface area contributed by atoms with Crippen molar-refractivity contribution < 1.29 is 9.59 Å². The van der Waals surface area contributed by atoms with Crippen molar-refractivity contribution in [3.8, 4) is 0 Å². The Hall–Kier alpha value is -1.88. The summed E-state index contributed by atoms with van der Waals surface area (Å²) in [6.07, 6.45) is 0. The molecule has 1 aliphatic rings. The molecule has 0 saturated carbocycles. The normalized spacial score (nSPS) is 16.6. The maximum Gasteiger partial charge on any atom is 0.324 e. The van der Waals surface area contributed by atoms with Crippen molar-refractivity contribution in [2.24, 2.45) is 0 Å². The second-order valence-electron chi connectivity index (χ2n) is 4.80. The Balaban J connectivity index is 1.97. The lowest BCUT2D eigenvalue weighted by Crippen LogP contribution is -2.46. The van der Waals surface area contributed by atoms with Gasteiger partial charge in [0.25, 0.3) is 0 Å². The summed E-state index contributed by atoms with van der Waals surface area (Å²) in [6.45, 7) is 3.51. The van der Waals surface area contributed by atoms with Gasteiger partial charge in [0.2, 0.25) is 5.91 Å². The van der Waals surface area contributed by atoms with Crippen LogP contribution in [0.25, 0.3) is 0 Å². The first-order valence-electron chi connectivity index (χ1n) is 6.43. The van der Waals surface area contributed by atoms with Gasteiger partial charge in [-0.25, -0.2) is 4.79 Å². The zero-order valence-corrected chi connectivity index (χ0v) is 11.3. The summed E-state index contributed by atoms with van der Waals surface area (Å²) in [5, 5.41) is 2.64. The van der Waals surface area contributed by atoms with E-state index in [4.69, 9.17) is 0 Å². The molecular weight excluding hydrogens is 242 g/mol. The summed E-state index contributed by atoms with van der Waals surface area (Å²) < 4.78 is 0. The van der Waals surface area contributed by atoms with Gasteiger partial charge >= 0.3 is 6.03 Å². The quantitative estimate of drug-likeness (QED) is 0.881. The molecule has 19 heavy (non-hydrogen) atoms. The summed E-state index contributed by atoms with van der Waals surface area (Å²) in [7, 11) is 1.89. The minimum absolute atomic E-state index is 0.145. The largest absolute Gasteiger partial charge is 0.336 e. The highest BCUT2D eigenvalue weighted by atomic mass is 16.2. The van der Waals surface area contributed by atoms with E-state index in [0.29, 0.717) is 19.6 Å². The maximum atomic E-state index is 12.2. The molecule has 1 heterocycles. The number of urea groups is 1. The van der Waals surface area contributed by atoms with Gasteiger partial charge in [-0.2, -0.15) is 0 Å². The molecule has 0 aliphatic carbocycles. The van der Waals surface area contributed by atoms with Crippen LogP contribution in [-0.2, 0) is 11.3 Å². The molecule has 1 N–H and O–H groups in total. The Kier molecular flexibility index (Phi) is 4.16. The molecule has 5 heteroatoms. The van der Waals surface area contributed by atoms with Crippen LogP contribution in [0.1, 0.15) is 12.5 Å². The van der Waals surface area contributed by atoms with E-state index in [9.17, 15) is 9.59 Å². The van der Waals surface area contributed by atoms with E-state index >= 15 is 0 Å². The smallest absolute Gasteiger partial charge is 0.324 e. The number of benzene rings is 1. The molecule has 1 aliphatic heterocycles. The van der Waals surface area contributed by atoms with Gasteiger partial charge in [0, 0.05) is 19.6 Å². The standard InChI is InChI=1S/C14H19N3O2/c1-11(13(18)17-9-8-15-14(17)19)16(2)10-12-6-4-3-5-7-12/h3-7,11H,8-10H2,1-2H3,(H,15,19)/t11-/m1/s1. The molecule has 0 spiro atoms. The van der Waals surface area contributed by atoms with E-state index < -0.39 is 0 Å². The fraction of sp³-hybridized carbons (Fsp3) is 0.429. The molecular formula is C14H19N3O2. The molecule has 0 aromatic heterocycles. The molecule has 1 saturated heterocycles. The van der Waals surface area contributed by atoms with Crippen LogP contribution in [-0.4, -0.2) is 47.9 Å². The summed E-state index contributed by atoms with van der Waals surface area (Å²) in [4.78, 5) is 26.9. The Bertz CT molecular complexity index is 461. The van der Waals surface area contributed by atoms with Gasteiger partial charge in [-0.3, -0.25) is 14.6 Å². The van der Waals surface area contributed by atoms with Crippen molar-refractivity contribution in [1.82, 2.24) is 15.1 Å². The van der Waals surface area contributed by atoms with Crippen molar-refractivity contribution in [2.75, 3.05) is 20.1 Å². The number of nitrogens with zero attached hydrogens (tertiary/aromatic N) is 2. The minimum atomic E-state index is -0.316. The third-order valence-corrected chi connectivity index (χ3v) is 3.42. The van der Waals surface area contributed by atoms with E-state index in [1.54, 1.807) is 0 Å². The topological polar surface area (TPSA) is 52.7 Å². The van der Waals surface area contributed by atoms with Gasteiger partial charge in [0.1, 0.15) is 0 Å². The number of carbonyl (C=O) groups excluding carboxylic acids is 2. The first-order valence-corrected chi connectivity index (χ1v) is 6.43. The highest BCUT2D eigenvalue weighted by molar-refractivity contribution is 5.98. The molecule has 1 aromatic rings. The van der Waals surface area contributed by atoms with Gasteiger partial charge in [-0.15, -0.1) is 0 Å². The summed E-state index contributed by atoms with van der Waals surface area (Å²) in [6, 6.07) is 9.36. The predicted molar refractivity (Wildman–Crippen MR) is 72.5 cm³/mol. The molecule has 1 atom stereocenters. The van der Waals surface area contributed by atoms with Crippen molar-refractivity contribution >= 4 is 11.9 Å². The van der Waals surface area contributed by atoms with Gasteiger partial charge in [0.05, 0.1) is 6.04 Å². The Morgan fingerprint density at radius 3 is 2.68 bits per heavy atom. The van der Waals surface area contributed by atoms with E-state index in [2.05, 4.69) is 5.32 Å². The van der Waals surface area contributed by atoms with E-state index in [0.717, 1.165) is 5.56 Å². The Morgan fingerprint density at radius 2 is 2.11 bits per heavy atom. The molecule has 1 fully saturated rings. The third kappa shape index (κ3) is 3.12. The van der Waals surface area contributed by atoms with Crippen LogP contribution in [0.5, 0.6) is 0 Å². The molecule has 0 radical (unpaired) electrons. The van der Waals surface area contributed by atoms with E-state index in [-0.39, 0.29) is 18.0 Å². The number of imide groups is 1. The summed E-state index contributed by atoms with van der Waals surface area (Å²) in [5.74, 6) is -0.145. The third-order valence-electron chi connectivity index (χ3n) is 3.42. The SMILES string of the molecule is C[C@H](C(=O)N1CCNC1=O)N(C)Cc1ccccc1. The summed E-state index contributed by atoms with van der Waals surface area (Å²) >= 11 is 0. The van der Waals surface area contributed by atoms with Gasteiger partial charge in [-0.05, 0) is 19.5 Å². The average Bonchev–Trinajstić information content (AvgIpc) is 2.84. The van der Waals surface area contributed by atoms with Crippen LogP contribution in [0.3, 0.4) is 0 Å². The van der Waals surface area contributed by atoms with E-state index in [1.165, 1.54) is 4.90 Å². The predicted octanol–water partition coefficient (Wildman–Crippen LogP) is 1.06. The van der Waals surface area contributed by atoms with Gasteiger partial charge < -0.3 is 5.32 Å². The molecule has 102 valence electrons. The molecule has 0 unspecified atom stereocenters. The second kappa shape index (κ2) is 5.84. The minimum Gasteiger partial charge on any atom is -0.336 e. The van der Waals surface area contributed by atoms with Gasteiger partial charge in [0.15, 0.2) is 0 Å². The van der Waals surface area contributed by atoms with Gasteiger partial charge in [-0.1, -0.05) is 30.3 Å². The zero-order chi connectivity index (χ0) is 13.8. The lowest BCUT2D eigenvalue weighted by Gasteiger charge is -2.26. The first kappa shape index (κ1) is 13.5. The van der Waals surface area contributed by atoms with Crippen LogP contribution in [0.15, 0.2) is 30.3 Å². The van der Waals surface area contributed by atoms with Crippen LogP contribution >= 0.6 is 0 Å². The van der Waals surface area contributed by atoms with E-state index in [1.807, 2.05) is 49.2 Å². The van der Waals surface area contributed by atoms with Crippen LogP contribution in [0, 0.1) is 0 Å². The molecule has 5 nitrogen and oxygen atoms in total. The summed E-state index contributed by atoms with van der Waals surface area (Å²) in [5.41, 5.74) is 1.15. The number of nitrogens with one attached hydrogen (secondary N) is 1. The lowest BCUT2D eigenvalue weighted by molar-refractivity contribution is -0.132. The van der Waals surface area contributed by atoms with Crippen molar-refractivity contribution in [3.63, 3.8) is 0 Å². The van der Waals surface area contributed by atoms with Crippen LogP contribution < -0.4 is 5.32 Å². The van der Waals surface area contributed by atoms with Crippen molar-refractivity contribution in [1.29, 1.82) is 0 Å². The number of amides is 3. The van der Waals surface area contributed by atoms with Crippen LogP contribution in [0.2, 0.25) is 0 Å². The zero-order valence-electron chi connectivity index (χ0n) is 11.3. The molecule has 1 aromatic carbocycles. The molecule has 2 rings (SSSR count). The number of hydrogen-bond acceptors (Lipinski definition) is 3. The number of carbonyl (C=O) groups is 2. The monoisotopic (exact) mass is 261 g/mol. The Morgan fingerprint density at radius 1 is 1.42 bits per heavy atom. The fourth-order valence-electron chi connectivity index (χ4n) is 2.10. The average molecular weight is 261 g/mol. The molecule has 0 bridgehead atoms. The Labute approximate surface area is 113 Å². The number of rotatable bonds is 4. The van der Waals surface area contributed by atoms with Crippen LogP contribution in [0.4, 0.5) is 4.79 Å². The number of likely N-dealkylation sites (N-methyl/N-ethyl adjacent to an activating group) is 1. The lowest BCUT2D eigenvalue weighted by atomic mass is 10.2. The van der Waals surface area contributed by atoms with Crippen molar-refractivity contribution in [2.45, 2.75) is 19.5 Å². The first-order chi connectivity index (χ1) is 9.09. The highest BCUT2D eigenvalue weighted by Gasteiger charge is 2.31. The highest BCUT2D eigenvalue weighted by Crippen LogP contribution is 2.09. The van der Waals surface area contributed by atoms with Crippen molar-refractivity contribution in [3.05, 3.63) is 35.9 Å². The second-order valence-corrected chi connectivity index (χ2v) is 4.80.